The van der Waals surface area contributed by atoms with Gasteiger partial charge in [0.05, 0.1) is 24.5 Å². The fourth-order valence-corrected chi connectivity index (χ4v) is 3.40. The molecule has 1 saturated heterocycles. The van der Waals surface area contributed by atoms with E-state index in [4.69, 9.17) is 4.74 Å². The lowest BCUT2D eigenvalue weighted by Crippen LogP contribution is -2.43. The predicted molar refractivity (Wildman–Crippen MR) is 105 cm³/mol. The zero-order valence-corrected chi connectivity index (χ0v) is 15.8. The number of rotatable bonds is 5. The Kier molecular flexibility index (Phi) is 5.55. The van der Waals surface area contributed by atoms with Crippen LogP contribution in [0.25, 0.3) is 11.3 Å². The molecule has 3 N–H and O–H groups in total. The average molecular weight is 412 g/mol. The second-order valence-corrected chi connectivity index (χ2v) is 6.91. The van der Waals surface area contributed by atoms with Crippen LogP contribution < -0.4 is 11.2 Å². The van der Waals surface area contributed by atoms with Crippen LogP contribution in [0.1, 0.15) is 11.9 Å². The summed E-state index contributed by atoms with van der Waals surface area (Å²) in [7, 11) is 0. The van der Waals surface area contributed by atoms with E-state index in [0.717, 1.165) is 20.4 Å². The van der Waals surface area contributed by atoms with Crippen molar-refractivity contribution in [1.29, 1.82) is 0 Å². The van der Waals surface area contributed by atoms with Gasteiger partial charge in [-0.2, -0.15) is 0 Å². The Labute approximate surface area is 170 Å². The van der Waals surface area contributed by atoms with Crippen LogP contribution in [0.15, 0.2) is 64.6 Å². The van der Waals surface area contributed by atoms with Crippen LogP contribution in [0.4, 0.5) is 0 Å². The minimum absolute atomic E-state index is 0.103. The van der Waals surface area contributed by atoms with E-state index in [1.54, 1.807) is 30.6 Å². The molecule has 1 aliphatic rings. The van der Waals surface area contributed by atoms with Gasteiger partial charge in [0.1, 0.15) is 18.3 Å². The largest absolute Gasteiger partial charge is 0.394 e. The molecule has 0 amide bonds. The molecule has 156 valence electrons. The van der Waals surface area contributed by atoms with Crippen molar-refractivity contribution in [2.24, 2.45) is 0 Å². The fraction of sp³-hybridized carbons (Fsp3) is 0.300. The molecule has 3 aromatic heterocycles. The lowest BCUT2D eigenvalue weighted by molar-refractivity contribution is -0.0555. The van der Waals surface area contributed by atoms with E-state index in [1.807, 2.05) is 12.1 Å². The first-order valence-corrected chi connectivity index (χ1v) is 9.30. The van der Waals surface area contributed by atoms with Gasteiger partial charge in [-0.05, 0) is 24.3 Å². The van der Waals surface area contributed by atoms with E-state index in [9.17, 15) is 24.9 Å². The molecular formula is C20H20N4O6. The van der Waals surface area contributed by atoms with Crippen LogP contribution in [0.2, 0.25) is 0 Å². The number of hydrogen-bond donors (Lipinski definition) is 3. The van der Waals surface area contributed by atoms with E-state index in [1.165, 1.54) is 12.3 Å². The van der Waals surface area contributed by atoms with Crippen LogP contribution in [-0.2, 0) is 11.3 Å². The van der Waals surface area contributed by atoms with Crippen LogP contribution in [0.3, 0.4) is 0 Å². The number of aromatic nitrogens is 4. The first-order valence-electron chi connectivity index (χ1n) is 9.30. The van der Waals surface area contributed by atoms with Crippen LogP contribution >= 0.6 is 0 Å². The van der Waals surface area contributed by atoms with Gasteiger partial charge in [-0.25, -0.2) is 4.79 Å². The van der Waals surface area contributed by atoms with Crippen molar-refractivity contribution in [1.82, 2.24) is 19.1 Å². The van der Waals surface area contributed by atoms with Crippen LogP contribution in [-0.4, -0.2) is 59.3 Å². The Morgan fingerprint density at radius 3 is 2.57 bits per heavy atom. The van der Waals surface area contributed by atoms with Gasteiger partial charge < -0.3 is 20.1 Å². The first kappa shape index (κ1) is 20.1. The number of pyridine rings is 2. The zero-order valence-electron chi connectivity index (χ0n) is 15.8. The number of aliphatic hydroxyl groups is 3. The maximum Gasteiger partial charge on any atom is 0.333 e. The van der Waals surface area contributed by atoms with Crippen LogP contribution in [0, 0.1) is 0 Å². The van der Waals surface area contributed by atoms with Crippen molar-refractivity contribution >= 4 is 0 Å². The molecule has 0 aromatic carbocycles. The summed E-state index contributed by atoms with van der Waals surface area (Å²) >= 11 is 0. The van der Waals surface area contributed by atoms with Gasteiger partial charge in [-0.1, -0.05) is 6.07 Å². The molecule has 10 nitrogen and oxygen atoms in total. The lowest BCUT2D eigenvalue weighted by atomic mass is 10.1. The standard InChI is InChI=1S/C20H20N4O6/c25-11-15-17(27)18(28)19(30-15)23-8-5-16(26)24(20(23)29)10-13-9-12(4-7-21-13)14-3-1-2-6-22-14/h1-9,15,17-19,25,27-28H,10-11H2. The van der Waals surface area contributed by atoms with Gasteiger partial charge in [0.2, 0.25) is 0 Å². The molecule has 0 radical (unpaired) electrons. The molecule has 0 aliphatic carbocycles. The van der Waals surface area contributed by atoms with Crippen LogP contribution in [0.5, 0.6) is 0 Å². The summed E-state index contributed by atoms with van der Waals surface area (Å²) < 4.78 is 7.38. The minimum Gasteiger partial charge on any atom is -0.394 e. The van der Waals surface area contributed by atoms with Crippen molar-refractivity contribution < 1.29 is 20.1 Å². The Hall–Kier alpha value is -3.18. The van der Waals surface area contributed by atoms with Crippen molar-refractivity contribution in [2.75, 3.05) is 6.61 Å². The topological polar surface area (TPSA) is 140 Å². The van der Waals surface area contributed by atoms with Crippen molar-refractivity contribution in [3.8, 4) is 11.3 Å². The van der Waals surface area contributed by atoms with E-state index in [-0.39, 0.29) is 6.54 Å². The second-order valence-electron chi connectivity index (χ2n) is 6.91. The van der Waals surface area contributed by atoms with Gasteiger partial charge in [0.15, 0.2) is 6.23 Å². The highest BCUT2D eigenvalue weighted by Crippen LogP contribution is 2.27. The quantitative estimate of drug-likeness (QED) is 0.491. The molecule has 4 unspecified atom stereocenters. The normalized spacial score (nSPS) is 23.6. The Morgan fingerprint density at radius 2 is 1.87 bits per heavy atom. The molecule has 4 atom stereocenters. The van der Waals surface area contributed by atoms with Gasteiger partial charge in [-0.15, -0.1) is 0 Å². The molecular weight excluding hydrogens is 392 g/mol. The summed E-state index contributed by atoms with van der Waals surface area (Å²) in [6.07, 6.45) is -0.632. The summed E-state index contributed by atoms with van der Waals surface area (Å²) in [4.78, 5) is 33.8. The third kappa shape index (κ3) is 3.68. The number of ether oxygens (including phenoxy) is 1. The summed E-state index contributed by atoms with van der Waals surface area (Å²) in [5.74, 6) is 0. The number of nitrogens with zero attached hydrogens (tertiary/aromatic N) is 4. The second kappa shape index (κ2) is 8.28. The SMILES string of the molecule is O=c1ccn(C2OC(CO)C(O)C2O)c(=O)n1Cc1cc(-c2ccccn2)ccn1. The third-order valence-corrected chi connectivity index (χ3v) is 4.98. The highest BCUT2D eigenvalue weighted by Gasteiger charge is 2.43. The Morgan fingerprint density at radius 1 is 1.03 bits per heavy atom. The third-order valence-electron chi connectivity index (χ3n) is 4.98. The number of aliphatic hydroxyl groups excluding tert-OH is 3. The monoisotopic (exact) mass is 412 g/mol. The highest BCUT2D eigenvalue weighted by atomic mass is 16.6. The van der Waals surface area contributed by atoms with Gasteiger partial charge in [0.25, 0.3) is 5.56 Å². The molecule has 4 heterocycles. The molecule has 30 heavy (non-hydrogen) atoms. The van der Waals surface area contributed by atoms with E-state index >= 15 is 0 Å². The molecule has 10 heteroatoms. The minimum atomic E-state index is -1.43. The highest BCUT2D eigenvalue weighted by molar-refractivity contribution is 5.58. The Bertz CT molecular complexity index is 1150. The van der Waals surface area contributed by atoms with E-state index in [0.29, 0.717) is 5.69 Å². The molecule has 0 bridgehead atoms. The predicted octanol–water partition coefficient (Wildman–Crippen LogP) is -0.873. The first-order chi connectivity index (χ1) is 14.5. The maximum absolute atomic E-state index is 12.9. The Balaban J connectivity index is 1.67. The molecule has 0 spiro atoms. The summed E-state index contributed by atoms with van der Waals surface area (Å²) in [6.45, 7) is -0.624. The molecule has 3 aromatic rings. The van der Waals surface area contributed by atoms with Crippen molar-refractivity contribution in [3.63, 3.8) is 0 Å². The summed E-state index contributed by atoms with van der Waals surface area (Å²) in [5, 5.41) is 29.4. The zero-order chi connectivity index (χ0) is 21.3. The van der Waals surface area contributed by atoms with Gasteiger partial charge in [0, 0.05) is 30.2 Å². The van der Waals surface area contributed by atoms with E-state index in [2.05, 4.69) is 9.97 Å². The molecule has 0 saturated carbocycles. The number of hydrogen-bond acceptors (Lipinski definition) is 8. The fourth-order valence-electron chi connectivity index (χ4n) is 3.40. The van der Waals surface area contributed by atoms with E-state index < -0.39 is 42.4 Å². The summed E-state index contributed by atoms with van der Waals surface area (Å²) in [5.41, 5.74) is 0.700. The molecule has 4 rings (SSSR count). The summed E-state index contributed by atoms with van der Waals surface area (Å²) in [6, 6.07) is 10.2. The van der Waals surface area contributed by atoms with Crippen molar-refractivity contribution in [3.05, 3.63) is 81.5 Å². The van der Waals surface area contributed by atoms with Crippen molar-refractivity contribution in [2.45, 2.75) is 31.1 Å². The lowest BCUT2D eigenvalue weighted by Gasteiger charge is -2.18. The molecule has 1 fully saturated rings. The average Bonchev–Trinajstić information content (AvgIpc) is 3.06. The van der Waals surface area contributed by atoms with Gasteiger partial charge >= 0.3 is 5.69 Å². The van der Waals surface area contributed by atoms with Gasteiger partial charge in [-0.3, -0.25) is 23.9 Å². The smallest absolute Gasteiger partial charge is 0.333 e. The maximum atomic E-state index is 12.9. The molecule has 1 aliphatic heterocycles.